The summed E-state index contributed by atoms with van der Waals surface area (Å²) in [6, 6.07) is 4.18. The van der Waals surface area contributed by atoms with Crippen LogP contribution in [0.1, 0.15) is 100.0 Å². The van der Waals surface area contributed by atoms with Gasteiger partial charge in [-0.1, -0.05) is 33.8 Å². The highest BCUT2D eigenvalue weighted by atomic mass is 16.8. The molecule has 0 heterocycles. The van der Waals surface area contributed by atoms with Crippen molar-refractivity contribution in [3.05, 3.63) is 23.8 Å². The van der Waals surface area contributed by atoms with Crippen molar-refractivity contribution in [3.63, 3.8) is 0 Å². The number of nitrogens with two attached hydrogens (primary N) is 1. The molecule has 0 amide bonds. The van der Waals surface area contributed by atoms with Crippen molar-refractivity contribution < 1.29 is 48.0 Å². The first-order valence-corrected chi connectivity index (χ1v) is 14.0. The highest BCUT2D eigenvalue weighted by Crippen LogP contribution is 2.32. The molecule has 0 aromatic heterocycles. The van der Waals surface area contributed by atoms with E-state index in [0.717, 1.165) is 0 Å². The van der Waals surface area contributed by atoms with Crippen LogP contribution < -0.4 is 15.2 Å². The lowest BCUT2D eigenvalue weighted by molar-refractivity contribution is -0.153. The van der Waals surface area contributed by atoms with E-state index in [4.69, 9.17) is 29.4 Å². The highest BCUT2D eigenvalue weighted by molar-refractivity contribution is 5.79. The number of benzene rings is 1. The summed E-state index contributed by atoms with van der Waals surface area (Å²) in [6.07, 6.45) is -1.29. The van der Waals surface area contributed by atoms with Gasteiger partial charge in [0.05, 0.1) is 0 Å². The van der Waals surface area contributed by atoms with Gasteiger partial charge in [0, 0.05) is 19.3 Å². The van der Waals surface area contributed by atoms with E-state index < -0.39 is 47.1 Å². The van der Waals surface area contributed by atoms with E-state index in [0.29, 0.717) is 30.7 Å². The van der Waals surface area contributed by atoms with Gasteiger partial charge >= 0.3 is 24.2 Å². The minimum absolute atomic E-state index is 0.137. The Labute approximate surface area is 243 Å². The van der Waals surface area contributed by atoms with Gasteiger partial charge in [0.1, 0.15) is 22.8 Å². The van der Waals surface area contributed by atoms with Gasteiger partial charge in [0.15, 0.2) is 11.5 Å². The Hall–Kier alpha value is -3.34. The molecule has 1 aromatic carbocycles. The van der Waals surface area contributed by atoms with Crippen LogP contribution in [0.3, 0.4) is 0 Å². The number of carboxylic acids is 1. The maximum atomic E-state index is 12.6. The molecular formula is C30H47NO10. The smallest absolute Gasteiger partial charge is 0.480 e. The number of rotatable bonds is 15. The van der Waals surface area contributed by atoms with E-state index in [1.807, 2.05) is 27.7 Å². The molecule has 1 rings (SSSR count). The summed E-state index contributed by atoms with van der Waals surface area (Å²) in [5, 5.41) is 9.97. The first kappa shape index (κ1) is 35.7. The molecule has 0 saturated heterocycles. The number of aliphatic carboxylic acids is 1. The maximum Gasteiger partial charge on any atom is 0.514 e. The molecule has 0 spiro atoms. The SMILES string of the molecule is CCC(C)(C)OC(=O)Oc1ccc(CC(N)(C[C@H](C)OC(=O)CCC(C)C)C(=O)O)cc1OC(=O)OC(C)(C)CC. The first-order chi connectivity index (χ1) is 18.8. The largest absolute Gasteiger partial charge is 0.514 e. The van der Waals surface area contributed by atoms with Crippen molar-refractivity contribution in [1.82, 2.24) is 0 Å². The molecule has 0 fully saturated rings. The number of esters is 1. The Kier molecular flexibility index (Phi) is 13.1. The predicted molar refractivity (Wildman–Crippen MR) is 152 cm³/mol. The molecular weight excluding hydrogens is 534 g/mol. The van der Waals surface area contributed by atoms with Crippen LogP contribution in [0.15, 0.2) is 18.2 Å². The fraction of sp³-hybridized carbons (Fsp3) is 0.667. The number of ether oxygens (including phenoxy) is 5. The van der Waals surface area contributed by atoms with E-state index in [1.54, 1.807) is 34.6 Å². The second kappa shape index (κ2) is 15.0. The molecule has 0 aliphatic rings. The van der Waals surface area contributed by atoms with Crippen molar-refractivity contribution in [3.8, 4) is 11.5 Å². The topological polar surface area (TPSA) is 161 Å². The van der Waals surface area contributed by atoms with Crippen molar-refractivity contribution >= 4 is 24.2 Å². The summed E-state index contributed by atoms with van der Waals surface area (Å²) in [4.78, 5) is 49.4. The average molecular weight is 582 g/mol. The Balaban J connectivity index is 3.24. The zero-order valence-electron chi connectivity index (χ0n) is 25.8. The van der Waals surface area contributed by atoms with Crippen LogP contribution in [0.4, 0.5) is 9.59 Å². The van der Waals surface area contributed by atoms with Crippen LogP contribution in [0, 0.1) is 5.92 Å². The lowest BCUT2D eigenvalue weighted by Gasteiger charge is -2.28. The molecule has 0 aliphatic carbocycles. The van der Waals surface area contributed by atoms with E-state index >= 15 is 0 Å². The van der Waals surface area contributed by atoms with Gasteiger partial charge in [-0.3, -0.25) is 9.59 Å². The summed E-state index contributed by atoms with van der Waals surface area (Å²) in [7, 11) is 0. The zero-order valence-corrected chi connectivity index (χ0v) is 25.8. The standard InChI is InChI=1S/C30H47NO10/c1-10-28(6,7)40-26(35)38-22-14-13-21(16-23(22)39-27(36)41-29(8,9)11-2)18-30(31,25(33)34)17-20(5)37-24(32)15-12-19(3)4/h13-14,16,19-20H,10-12,15,17-18,31H2,1-9H3,(H,33,34)/t20-,30?/m0/s1. The van der Waals surface area contributed by atoms with Crippen LogP contribution in [0.25, 0.3) is 0 Å². The van der Waals surface area contributed by atoms with E-state index in [9.17, 15) is 24.3 Å². The van der Waals surface area contributed by atoms with Crippen molar-refractivity contribution in [1.29, 1.82) is 0 Å². The lowest BCUT2D eigenvalue weighted by Crippen LogP contribution is -2.52. The van der Waals surface area contributed by atoms with Gasteiger partial charge in [0.2, 0.25) is 0 Å². The summed E-state index contributed by atoms with van der Waals surface area (Å²) < 4.78 is 26.8. The molecule has 3 N–H and O–H groups in total. The zero-order chi connectivity index (χ0) is 31.6. The fourth-order valence-corrected chi connectivity index (χ4v) is 3.49. The van der Waals surface area contributed by atoms with Crippen molar-refractivity contribution in [2.24, 2.45) is 11.7 Å². The normalized spacial score (nSPS) is 14.0. The molecule has 232 valence electrons. The third-order valence-electron chi connectivity index (χ3n) is 6.67. The molecule has 1 aromatic rings. The molecule has 41 heavy (non-hydrogen) atoms. The Bertz CT molecular complexity index is 1070. The second-order valence-electron chi connectivity index (χ2n) is 12.0. The summed E-state index contributed by atoms with van der Waals surface area (Å²) in [5.41, 5.74) is 3.22. The van der Waals surface area contributed by atoms with Crippen LogP contribution in [0.2, 0.25) is 0 Å². The van der Waals surface area contributed by atoms with Crippen LogP contribution >= 0.6 is 0 Å². The molecule has 11 heteroatoms. The summed E-state index contributed by atoms with van der Waals surface area (Å²) >= 11 is 0. The Morgan fingerprint density at radius 1 is 0.878 bits per heavy atom. The third kappa shape index (κ3) is 12.8. The molecule has 11 nitrogen and oxygen atoms in total. The Morgan fingerprint density at radius 3 is 1.85 bits per heavy atom. The number of carbonyl (C=O) groups is 4. The molecule has 1 unspecified atom stereocenters. The Morgan fingerprint density at radius 2 is 1.39 bits per heavy atom. The number of carbonyl (C=O) groups excluding carboxylic acids is 3. The predicted octanol–water partition coefficient (Wildman–Crippen LogP) is 6.18. The van der Waals surface area contributed by atoms with Gasteiger partial charge in [-0.25, -0.2) is 9.59 Å². The first-order valence-electron chi connectivity index (χ1n) is 14.0. The van der Waals surface area contributed by atoms with Crippen molar-refractivity contribution in [2.45, 2.75) is 124 Å². The van der Waals surface area contributed by atoms with Crippen LogP contribution in [0.5, 0.6) is 11.5 Å². The third-order valence-corrected chi connectivity index (χ3v) is 6.67. The molecule has 2 atom stereocenters. The molecule has 0 bridgehead atoms. The van der Waals surface area contributed by atoms with Gasteiger partial charge in [-0.2, -0.15) is 0 Å². The minimum Gasteiger partial charge on any atom is -0.480 e. The fourth-order valence-electron chi connectivity index (χ4n) is 3.49. The van der Waals surface area contributed by atoms with Crippen LogP contribution in [-0.4, -0.2) is 52.2 Å². The molecule has 0 saturated carbocycles. The van der Waals surface area contributed by atoms with Gasteiger partial charge < -0.3 is 34.5 Å². The van der Waals surface area contributed by atoms with Gasteiger partial charge in [-0.05, 0) is 77.5 Å². The van der Waals surface area contributed by atoms with Gasteiger partial charge in [0.25, 0.3) is 0 Å². The summed E-state index contributed by atoms with van der Waals surface area (Å²) in [5.74, 6) is -1.74. The average Bonchev–Trinajstić information content (AvgIpc) is 2.83. The minimum atomic E-state index is -1.83. The van der Waals surface area contributed by atoms with E-state index in [-0.39, 0.29) is 30.8 Å². The highest BCUT2D eigenvalue weighted by Gasteiger charge is 2.37. The maximum absolute atomic E-state index is 12.6. The lowest BCUT2D eigenvalue weighted by atomic mass is 9.86. The number of hydrogen-bond acceptors (Lipinski definition) is 10. The monoisotopic (exact) mass is 581 g/mol. The van der Waals surface area contributed by atoms with Crippen molar-refractivity contribution in [2.75, 3.05) is 0 Å². The molecule has 0 aliphatic heterocycles. The number of hydrogen-bond donors (Lipinski definition) is 2. The second-order valence-corrected chi connectivity index (χ2v) is 12.0. The van der Waals surface area contributed by atoms with Crippen LogP contribution in [-0.2, 0) is 30.2 Å². The van der Waals surface area contributed by atoms with E-state index in [2.05, 4.69) is 0 Å². The van der Waals surface area contributed by atoms with Gasteiger partial charge in [-0.15, -0.1) is 0 Å². The molecule has 0 radical (unpaired) electrons. The number of carboxylic acid groups (broad SMARTS) is 1. The van der Waals surface area contributed by atoms with E-state index in [1.165, 1.54) is 18.2 Å². The summed E-state index contributed by atoms with van der Waals surface area (Å²) in [6.45, 7) is 16.1. The quantitative estimate of drug-likeness (QED) is 0.138.